The van der Waals surface area contributed by atoms with Crippen molar-refractivity contribution >= 4 is 29.1 Å². The number of anilines is 2. The van der Waals surface area contributed by atoms with Gasteiger partial charge in [-0.25, -0.2) is 0 Å². The van der Waals surface area contributed by atoms with Gasteiger partial charge in [0.25, 0.3) is 0 Å². The number of piperidine rings is 1. The lowest BCUT2D eigenvalue weighted by Gasteiger charge is -2.28. The van der Waals surface area contributed by atoms with Gasteiger partial charge in [0.15, 0.2) is 5.65 Å². The molecule has 0 radical (unpaired) electrons. The summed E-state index contributed by atoms with van der Waals surface area (Å²) < 4.78 is 7.99. The summed E-state index contributed by atoms with van der Waals surface area (Å²) in [5, 5.41) is 14.0. The van der Waals surface area contributed by atoms with Gasteiger partial charge in [-0.3, -0.25) is 9.59 Å². The largest absolute Gasteiger partial charge is 0.460 e. The van der Waals surface area contributed by atoms with Crippen LogP contribution in [0.3, 0.4) is 0 Å². The van der Waals surface area contributed by atoms with Gasteiger partial charge in [0.1, 0.15) is 6.10 Å². The van der Waals surface area contributed by atoms with Crippen molar-refractivity contribution in [2.24, 2.45) is 5.92 Å². The average Bonchev–Trinajstić information content (AvgIpc) is 3.42. The molecule has 224 valence electrons. The van der Waals surface area contributed by atoms with Crippen LogP contribution in [-0.4, -0.2) is 68.6 Å². The highest BCUT2D eigenvalue weighted by molar-refractivity contribution is 5.93. The van der Waals surface area contributed by atoms with Crippen molar-refractivity contribution in [2.45, 2.75) is 77.0 Å². The van der Waals surface area contributed by atoms with Gasteiger partial charge in [-0.05, 0) is 68.8 Å². The van der Waals surface area contributed by atoms with Gasteiger partial charge in [0, 0.05) is 42.8 Å². The van der Waals surface area contributed by atoms with Gasteiger partial charge >= 0.3 is 6.01 Å². The van der Waals surface area contributed by atoms with Crippen LogP contribution in [0.2, 0.25) is 0 Å². The van der Waals surface area contributed by atoms with Crippen molar-refractivity contribution in [1.29, 1.82) is 0 Å². The summed E-state index contributed by atoms with van der Waals surface area (Å²) in [6.45, 7) is 10.2. The van der Waals surface area contributed by atoms with Crippen LogP contribution in [0.5, 0.6) is 6.01 Å². The first-order valence-corrected chi connectivity index (χ1v) is 15.0. The summed E-state index contributed by atoms with van der Waals surface area (Å²) in [4.78, 5) is 36.5. The van der Waals surface area contributed by atoms with E-state index in [2.05, 4.69) is 53.4 Å². The molecule has 5 rings (SSSR count). The Bertz CT molecular complexity index is 1410. The van der Waals surface area contributed by atoms with E-state index in [0.29, 0.717) is 24.9 Å². The lowest BCUT2D eigenvalue weighted by molar-refractivity contribution is -0.122. The number of carbonyl (C=O) groups excluding carboxylic acids is 2. The fraction of sp³-hybridized carbons (Fsp3) is 0.516. The Labute approximate surface area is 247 Å². The maximum Gasteiger partial charge on any atom is 0.322 e. The molecule has 11 heteroatoms. The molecule has 2 aromatic heterocycles. The van der Waals surface area contributed by atoms with Gasteiger partial charge in [0.05, 0.1) is 6.20 Å². The minimum atomic E-state index is -0.196. The predicted molar refractivity (Wildman–Crippen MR) is 163 cm³/mol. The lowest BCUT2D eigenvalue weighted by Crippen LogP contribution is -2.40. The molecule has 0 spiro atoms. The van der Waals surface area contributed by atoms with Crippen molar-refractivity contribution in [3.8, 4) is 6.01 Å². The number of nitrogens with zero attached hydrogens (tertiary/aromatic N) is 5. The molecule has 2 atom stereocenters. The highest BCUT2D eigenvalue weighted by Gasteiger charge is 2.28. The molecule has 2 unspecified atom stereocenters. The summed E-state index contributed by atoms with van der Waals surface area (Å²) in [7, 11) is 2.13. The standard InChI is InChI=1S/C31H42N8O3/c1-5-27(40)34-24-11-7-9-22(17-24)29(41)35-23-10-6-8-21(16-23)18-32-30-37-31(42-25-12-14-38(4)15-13-25)36-28-26(20(2)3)19-33-39(28)30/h5-6,8,10,16,19-20,22,24-25H,1,7,9,11-15,17-18H2,2-4H3,(H,34,40)(H,35,41)(H,32,36,37). The molecule has 1 saturated heterocycles. The number of ether oxygens (including phenoxy) is 1. The van der Waals surface area contributed by atoms with Gasteiger partial charge in [-0.15, -0.1) is 0 Å². The normalized spacial score (nSPS) is 19.9. The first kappa shape index (κ1) is 29.5. The van der Waals surface area contributed by atoms with Crippen LogP contribution in [0.25, 0.3) is 5.65 Å². The maximum atomic E-state index is 13.1. The van der Waals surface area contributed by atoms with E-state index in [9.17, 15) is 9.59 Å². The van der Waals surface area contributed by atoms with Gasteiger partial charge < -0.3 is 25.6 Å². The molecule has 11 nitrogen and oxygen atoms in total. The first-order chi connectivity index (χ1) is 20.3. The van der Waals surface area contributed by atoms with Crippen molar-refractivity contribution in [2.75, 3.05) is 30.8 Å². The molecule has 2 fully saturated rings. The third-order valence-corrected chi connectivity index (χ3v) is 8.16. The number of nitrogens with one attached hydrogen (secondary N) is 3. The Morgan fingerprint density at radius 2 is 1.98 bits per heavy atom. The summed E-state index contributed by atoms with van der Waals surface area (Å²) in [6.07, 6.45) is 8.28. The fourth-order valence-corrected chi connectivity index (χ4v) is 5.70. The van der Waals surface area contributed by atoms with E-state index in [1.807, 2.05) is 30.5 Å². The van der Waals surface area contributed by atoms with Crippen LogP contribution in [0.1, 0.15) is 69.4 Å². The van der Waals surface area contributed by atoms with E-state index in [4.69, 9.17) is 14.7 Å². The molecule has 2 aliphatic rings. The highest BCUT2D eigenvalue weighted by atomic mass is 16.5. The second-order valence-corrected chi connectivity index (χ2v) is 11.8. The first-order valence-electron chi connectivity index (χ1n) is 15.0. The zero-order valence-electron chi connectivity index (χ0n) is 24.8. The Balaban J connectivity index is 1.26. The number of benzene rings is 1. The summed E-state index contributed by atoms with van der Waals surface area (Å²) >= 11 is 0. The van der Waals surface area contributed by atoms with Crippen molar-refractivity contribution in [3.63, 3.8) is 0 Å². The topological polar surface area (TPSA) is 126 Å². The molecule has 3 aromatic rings. The Morgan fingerprint density at radius 1 is 1.17 bits per heavy atom. The number of amides is 2. The van der Waals surface area contributed by atoms with Gasteiger partial charge in [-0.2, -0.15) is 19.6 Å². The zero-order chi connectivity index (χ0) is 29.6. The van der Waals surface area contributed by atoms with Crippen molar-refractivity contribution in [3.05, 3.63) is 54.2 Å². The number of hydrogen-bond donors (Lipinski definition) is 3. The molecule has 1 aliphatic carbocycles. The Kier molecular flexibility index (Phi) is 9.36. The van der Waals surface area contributed by atoms with Crippen LogP contribution < -0.4 is 20.7 Å². The molecular formula is C31H42N8O3. The van der Waals surface area contributed by atoms with Crippen LogP contribution >= 0.6 is 0 Å². The molecule has 2 amide bonds. The fourth-order valence-electron chi connectivity index (χ4n) is 5.70. The number of rotatable bonds is 10. The second kappa shape index (κ2) is 13.3. The number of likely N-dealkylation sites (tertiary alicyclic amines) is 1. The van der Waals surface area contributed by atoms with Crippen molar-refractivity contribution in [1.82, 2.24) is 29.8 Å². The van der Waals surface area contributed by atoms with E-state index < -0.39 is 0 Å². The zero-order valence-corrected chi connectivity index (χ0v) is 24.8. The third-order valence-electron chi connectivity index (χ3n) is 8.16. The molecular weight excluding hydrogens is 532 g/mol. The quantitative estimate of drug-likeness (QED) is 0.309. The minimum absolute atomic E-state index is 0.00735. The van der Waals surface area contributed by atoms with E-state index in [0.717, 1.165) is 67.7 Å². The van der Waals surface area contributed by atoms with E-state index in [1.54, 1.807) is 4.52 Å². The Morgan fingerprint density at radius 3 is 2.74 bits per heavy atom. The average molecular weight is 575 g/mol. The molecule has 42 heavy (non-hydrogen) atoms. The number of fused-ring (bicyclic) bond motifs is 1. The van der Waals surface area contributed by atoms with Crippen LogP contribution in [0.15, 0.2) is 43.1 Å². The molecule has 0 bridgehead atoms. The summed E-state index contributed by atoms with van der Waals surface area (Å²) in [5.41, 5.74) is 3.49. The van der Waals surface area contributed by atoms with E-state index >= 15 is 0 Å². The maximum absolute atomic E-state index is 13.1. The number of carbonyl (C=O) groups is 2. The van der Waals surface area contributed by atoms with Crippen LogP contribution in [-0.2, 0) is 16.1 Å². The minimum Gasteiger partial charge on any atom is -0.460 e. The van der Waals surface area contributed by atoms with Crippen LogP contribution in [0, 0.1) is 5.92 Å². The molecule has 3 heterocycles. The summed E-state index contributed by atoms with van der Waals surface area (Å²) in [5.74, 6) is 0.434. The van der Waals surface area contributed by atoms with Crippen molar-refractivity contribution < 1.29 is 14.3 Å². The molecule has 1 aliphatic heterocycles. The predicted octanol–water partition coefficient (Wildman–Crippen LogP) is 4.13. The lowest BCUT2D eigenvalue weighted by atomic mass is 9.85. The van der Waals surface area contributed by atoms with E-state index in [1.165, 1.54) is 6.08 Å². The van der Waals surface area contributed by atoms with E-state index in [-0.39, 0.29) is 35.8 Å². The van der Waals surface area contributed by atoms with Crippen LogP contribution in [0.4, 0.5) is 11.6 Å². The molecule has 1 saturated carbocycles. The smallest absolute Gasteiger partial charge is 0.322 e. The van der Waals surface area contributed by atoms with Gasteiger partial charge in [-0.1, -0.05) is 39.0 Å². The molecule has 3 N–H and O–H groups in total. The Hall–Kier alpha value is -3.99. The second-order valence-electron chi connectivity index (χ2n) is 11.8. The van der Waals surface area contributed by atoms with Gasteiger partial charge in [0.2, 0.25) is 17.8 Å². The number of hydrogen-bond acceptors (Lipinski definition) is 8. The SMILES string of the molecule is C=CC(=O)NC1CCCC(C(=O)Nc2cccc(CNc3nc(OC4CCN(C)CC4)nc4c(C(C)C)cnn34)c2)C1. The monoisotopic (exact) mass is 574 g/mol. The molecule has 1 aromatic carbocycles. The summed E-state index contributed by atoms with van der Waals surface area (Å²) in [6, 6.07) is 8.13. The highest BCUT2D eigenvalue weighted by Crippen LogP contribution is 2.27. The number of aromatic nitrogens is 4. The third kappa shape index (κ3) is 7.25.